The zero-order valence-corrected chi connectivity index (χ0v) is 16.8. The Morgan fingerprint density at radius 3 is 2.24 bits per heavy atom. The molecule has 0 aliphatic carbocycles. The Labute approximate surface area is 170 Å². The highest BCUT2D eigenvalue weighted by atomic mass is 32.2. The number of carbonyl (C=O) groups is 2. The number of morpholine rings is 1. The third kappa shape index (κ3) is 5.50. The van der Waals surface area contributed by atoms with Crippen LogP contribution >= 0.6 is 0 Å². The molecule has 154 valence electrons. The number of nitrogens with zero attached hydrogens (tertiary/aromatic N) is 1. The van der Waals surface area contributed by atoms with Crippen molar-refractivity contribution in [3.8, 4) is 0 Å². The van der Waals surface area contributed by atoms with Crippen LogP contribution in [-0.2, 0) is 19.5 Å². The van der Waals surface area contributed by atoms with Gasteiger partial charge in [0.15, 0.2) is 5.78 Å². The molecule has 0 N–H and O–H groups in total. The summed E-state index contributed by atoms with van der Waals surface area (Å²) >= 11 is 0. The van der Waals surface area contributed by atoms with E-state index >= 15 is 0 Å². The lowest BCUT2D eigenvalue weighted by Gasteiger charge is -2.26. The second-order valence-electron chi connectivity index (χ2n) is 6.57. The number of rotatable bonds is 8. The molecule has 0 aromatic heterocycles. The average molecular weight is 417 g/mol. The molecule has 1 fully saturated rings. The molecule has 0 amide bonds. The van der Waals surface area contributed by atoms with Crippen LogP contribution in [0.3, 0.4) is 0 Å². The van der Waals surface area contributed by atoms with Gasteiger partial charge in [-0.05, 0) is 30.7 Å². The third-order valence-electron chi connectivity index (χ3n) is 4.57. The molecule has 2 aromatic carbocycles. The Morgan fingerprint density at radius 1 is 0.931 bits per heavy atom. The van der Waals surface area contributed by atoms with E-state index in [2.05, 4.69) is 0 Å². The van der Waals surface area contributed by atoms with Crippen molar-refractivity contribution in [2.75, 3.05) is 32.9 Å². The van der Waals surface area contributed by atoms with Crippen LogP contribution in [0.4, 0.5) is 0 Å². The number of sulfonamides is 1. The molecule has 0 atom stereocenters. The fourth-order valence-corrected chi connectivity index (χ4v) is 4.36. The highest BCUT2D eigenvalue weighted by Gasteiger charge is 2.26. The van der Waals surface area contributed by atoms with Crippen molar-refractivity contribution in [1.82, 2.24) is 4.31 Å². The van der Waals surface area contributed by atoms with Gasteiger partial charge in [-0.15, -0.1) is 0 Å². The molecule has 1 saturated heterocycles. The SMILES string of the molecule is O=C(CCCOC(=O)c1ccc(S(=O)(=O)N2CCOCC2)cc1)c1ccccc1. The minimum atomic E-state index is -3.60. The fraction of sp³-hybridized carbons (Fsp3) is 0.333. The summed E-state index contributed by atoms with van der Waals surface area (Å²) in [6.07, 6.45) is 0.705. The molecule has 7 nitrogen and oxygen atoms in total. The molecular weight excluding hydrogens is 394 g/mol. The molecule has 3 rings (SSSR count). The first-order valence-corrected chi connectivity index (χ1v) is 10.9. The van der Waals surface area contributed by atoms with Gasteiger partial charge in [0.2, 0.25) is 10.0 Å². The minimum absolute atomic E-state index is 0.000629. The largest absolute Gasteiger partial charge is 0.462 e. The van der Waals surface area contributed by atoms with Gasteiger partial charge in [0, 0.05) is 25.1 Å². The third-order valence-corrected chi connectivity index (χ3v) is 6.49. The Kier molecular flexibility index (Phi) is 7.13. The van der Waals surface area contributed by atoms with Crippen LogP contribution in [0.1, 0.15) is 33.6 Å². The summed E-state index contributed by atoms with van der Waals surface area (Å²) in [6, 6.07) is 14.6. The van der Waals surface area contributed by atoms with Gasteiger partial charge in [0.25, 0.3) is 0 Å². The lowest BCUT2D eigenvalue weighted by molar-refractivity contribution is 0.0494. The Morgan fingerprint density at radius 2 is 1.59 bits per heavy atom. The summed E-state index contributed by atoms with van der Waals surface area (Å²) in [5.41, 5.74) is 0.899. The van der Waals surface area contributed by atoms with Crippen molar-refractivity contribution >= 4 is 21.8 Å². The molecule has 0 spiro atoms. The summed E-state index contributed by atoms with van der Waals surface area (Å²) in [5.74, 6) is -0.549. The zero-order valence-electron chi connectivity index (χ0n) is 16.0. The predicted octanol–water partition coefficient (Wildman–Crippen LogP) is 2.53. The summed E-state index contributed by atoms with van der Waals surface area (Å²) in [7, 11) is -3.60. The van der Waals surface area contributed by atoms with Crippen molar-refractivity contribution in [3.63, 3.8) is 0 Å². The second-order valence-corrected chi connectivity index (χ2v) is 8.51. The van der Waals surface area contributed by atoms with Crippen LogP contribution in [0.15, 0.2) is 59.5 Å². The molecular formula is C21H23NO6S. The van der Waals surface area contributed by atoms with Gasteiger partial charge in [-0.25, -0.2) is 13.2 Å². The molecule has 1 aliphatic heterocycles. The van der Waals surface area contributed by atoms with E-state index in [1.165, 1.54) is 28.6 Å². The highest BCUT2D eigenvalue weighted by Crippen LogP contribution is 2.18. The zero-order chi connectivity index (χ0) is 20.7. The fourth-order valence-electron chi connectivity index (χ4n) is 2.95. The maximum absolute atomic E-state index is 12.6. The van der Waals surface area contributed by atoms with Gasteiger partial charge in [0.05, 0.1) is 30.3 Å². The lowest BCUT2D eigenvalue weighted by Crippen LogP contribution is -2.40. The van der Waals surface area contributed by atoms with Gasteiger partial charge in [-0.2, -0.15) is 4.31 Å². The van der Waals surface area contributed by atoms with E-state index in [-0.39, 0.29) is 29.3 Å². The number of carbonyl (C=O) groups excluding carboxylic acids is 2. The van der Waals surface area contributed by atoms with Crippen LogP contribution in [-0.4, -0.2) is 57.4 Å². The first-order chi connectivity index (χ1) is 14.0. The Bertz CT molecular complexity index is 935. The first kappa shape index (κ1) is 21.2. The summed E-state index contributed by atoms with van der Waals surface area (Å²) in [4.78, 5) is 24.3. The minimum Gasteiger partial charge on any atom is -0.462 e. The van der Waals surface area contributed by atoms with Crippen LogP contribution in [0.5, 0.6) is 0 Å². The first-order valence-electron chi connectivity index (χ1n) is 9.42. The maximum atomic E-state index is 12.6. The second kappa shape index (κ2) is 9.78. The van der Waals surface area contributed by atoms with Crippen molar-refractivity contribution in [1.29, 1.82) is 0 Å². The van der Waals surface area contributed by atoms with Gasteiger partial charge in [-0.1, -0.05) is 30.3 Å². The van der Waals surface area contributed by atoms with E-state index in [9.17, 15) is 18.0 Å². The summed E-state index contributed by atoms with van der Waals surface area (Å²) in [5, 5.41) is 0. The van der Waals surface area contributed by atoms with E-state index in [0.717, 1.165) is 0 Å². The molecule has 0 unspecified atom stereocenters. The van der Waals surface area contributed by atoms with Crippen LogP contribution in [0.25, 0.3) is 0 Å². The topological polar surface area (TPSA) is 90.0 Å². The number of hydrogen-bond acceptors (Lipinski definition) is 6. The molecule has 0 radical (unpaired) electrons. The highest BCUT2D eigenvalue weighted by molar-refractivity contribution is 7.89. The van der Waals surface area contributed by atoms with Crippen molar-refractivity contribution in [2.45, 2.75) is 17.7 Å². The molecule has 0 saturated carbocycles. The van der Waals surface area contributed by atoms with E-state index < -0.39 is 16.0 Å². The molecule has 2 aromatic rings. The van der Waals surface area contributed by atoms with Crippen molar-refractivity contribution in [2.24, 2.45) is 0 Å². The smallest absolute Gasteiger partial charge is 0.338 e. The van der Waals surface area contributed by atoms with Crippen molar-refractivity contribution < 1.29 is 27.5 Å². The monoisotopic (exact) mass is 417 g/mol. The molecule has 29 heavy (non-hydrogen) atoms. The normalized spacial score (nSPS) is 15.0. The molecule has 0 bridgehead atoms. The number of hydrogen-bond donors (Lipinski definition) is 0. The standard InChI is InChI=1S/C21H23NO6S/c23-20(17-5-2-1-3-6-17)7-4-14-28-21(24)18-8-10-19(11-9-18)29(25,26)22-12-15-27-16-13-22/h1-3,5-6,8-11H,4,7,12-16H2. The maximum Gasteiger partial charge on any atom is 0.338 e. The van der Waals surface area contributed by atoms with Crippen LogP contribution in [0, 0.1) is 0 Å². The summed E-state index contributed by atoms with van der Waals surface area (Å²) < 4.78 is 36.9. The molecule has 1 heterocycles. The quantitative estimate of drug-likeness (QED) is 0.372. The number of ether oxygens (including phenoxy) is 2. The molecule has 8 heteroatoms. The number of esters is 1. The van der Waals surface area contributed by atoms with Gasteiger partial charge in [0.1, 0.15) is 0 Å². The Balaban J connectivity index is 1.49. The van der Waals surface area contributed by atoms with Gasteiger partial charge in [-0.3, -0.25) is 4.79 Å². The lowest BCUT2D eigenvalue weighted by atomic mass is 10.1. The number of Topliss-reactive ketones (excluding diaryl/α,β-unsaturated/α-hetero) is 1. The van der Waals surface area contributed by atoms with Crippen LogP contribution < -0.4 is 0 Å². The van der Waals surface area contributed by atoms with Gasteiger partial charge >= 0.3 is 5.97 Å². The van der Waals surface area contributed by atoms with E-state index in [1.54, 1.807) is 24.3 Å². The average Bonchev–Trinajstić information content (AvgIpc) is 2.77. The van der Waals surface area contributed by atoms with Crippen molar-refractivity contribution in [3.05, 3.63) is 65.7 Å². The van der Waals surface area contributed by atoms with E-state index in [4.69, 9.17) is 9.47 Å². The van der Waals surface area contributed by atoms with E-state index in [0.29, 0.717) is 38.3 Å². The number of benzene rings is 2. The number of ketones is 1. The Hall–Kier alpha value is -2.55. The predicted molar refractivity (Wildman–Crippen MR) is 106 cm³/mol. The van der Waals surface area contributed by atoms with E-state index in [1.807, 2.05) is 6.07 Å². The summed E-state index contributed by atoms with van der Waals surface area (Å²) in [6.45, 7) is 1.49. The van der Waals surface area contributed by atoms with Gasteiger partial charge < -0.3 is 9.47 Å². The molecule has 1 aliphatic rings. The van der Waals surface area contributed by atoms with Crippen LogP contribution in [0.2, 0.25) is 0 Å².